The van der Waals surface area contributed by atoms with E-state index in [2.05, 4.69) is 41.0 Å². The SMILES string of the molecule is Cc1cc(C)nc(N/N=C/c2cccn2-c2ccc(Br)cc2)n1. The monoisotopic (exact) mass is 369 g/mol. The molecule has 1 N–H and O–H groups in total. The molecule has 23 heavy (non-hydrogen) atoms. The van der Waals surface area contributed by atoms with Gasteiger partial charge in [0.25, 0.3) is 0 Å². The molecule has 0 saturated heterocycles. The molecule has 0 aliphatic rings. The molecule has 0 aliphatic carbocycles. The van der Waals surface area contributed by atoms with Gasteiger partial charge in [0.2, 0.25) is 5.95 Å². The van der Waals surface area contributed by atoms with Gasteiger partial charge in [-0.3, -0.25) is 0 Å². The summed E-state index contributed by atoms with van der Waals surface area (Å²) in [5.41, 5.74) is 6.73. The van der Waals surface area contributed by atoms with Crippen molar-refractivity contribution in [1.29, 1.82) is 0 Å². The molecule has 0 aliphatic heterocycles. The third-order valence-electron chi connectivity index (χ3n) is 3.23. The maximum Gasteiger partial charge on any atom is 0.243 e. The number of anilines is 1. The van der Waals surface area contributed by atoms with E-state index in [9.17, 15) is 0 Å². The molecule has 0 fully saturated rings. The van der Waals surface area contributed by atoms with Crippen molar-refractivity contribution < 1.29 is 0 Å². The van der Waals surface area contributed by atoms with E-state index >= 15 is 0 Å². The van der Waals surface area contributed by atoms with Crippen molar-refractivity contribution in [2.45, 2.75) is 13.8 Å². The van der Waals surface area contributed by atoms with Crippen molar-refractivity contribution in [3.63, 3.8) is 0 Å². The second-order valence-corrected chi connectivity index (χ2v) is 6.04. The highest BCUT2D eigenvalue weighted by atomic mass is 79.9. The van der Waals surface area contributed by atoms with Gasteiger partial charge in [-0.25, -0.2) is 15.4 Å². The molecule has 3 aromatic rings. The maximum atomic E-state index is 4.30. The Morgan fingerprint density at radius 3 is 2.48 bits per heavy atom. The molecule has 1 aromatic carbocycles. The number of aromatic nitrogens is 3. The van der Waals surface area contributed by atoms with Gasteiger partial charge < -0.3 is 4.57 Å². The number of hydrogen-bond donors (Lipinski definition) is 1. The molecular weight excluding hydrogens is 354 g/mol. The standard InChI is InChI=1S/C17H16BrN5/c1-12-10-13(2)21-17(20-12)22-19-11-16-4-3-9-23(16)15-7-5-14(18)6-8-15/h3-11H,1-2H3,(H,20,21,22)/b19-11+. The zero-order valence-corrected chi connectivity index (χ0v) is 14.4. The molecule has 5 nitrogen and oxygen atoms in total. The topological polar surface area (TPSA) is 55.1 Å². The Kier molecular flexibility index (Phi) is 4.52. The molecule has 0 spiro atoms. The van der Waals surface area contributed by atoms with E-state index in [4.69, 9.17) is 0 Å². The van der Waals surface area contributed by atoms with Gasteiger partial charge >= 0.3 is 0 Å². The summed E-state index contributed by atoms with van der Waals surface area (Å²) in [6, 6.07) is 14.0. The average molecular weight is 370 g/mol. The van der Waals surface area contributed by atoms with Gasteiger partial charge in [-0.15, -0.1) is 0 Å². The summed E-state index contributed by atoms with van der Waals surface area (Å²) >= 11 is 3.45. The van der Waals surface area contributed by atoms with Crippen molar-refractivity contribution in [2.75, 3.05) is 5.43 Å². The second kappa shape index (κ2) is 6.75. The largest absolute Gasteiger partial charge is 0.316 e. The Labute approximate surface area is 143 Å². The van der Waals surface area contributed by atoms with E-state index < -0.39 is 0 Å². The molecule has 0 amide bonds. The predicted molar refractivity (Wildman–Crippen MR) is 96.2 cm³/mol. The first-order chi connectivity index (χ1) is 11.1. The number of nitrogens with one attached hydrogen (secondary N) is 1. The molecule has 0 atom stereocenters. The highest BCUT2D eigenvalue weighted by Gasteiger charge is 2.01. The van der Waals surface area contributed by atoms with Gasteiger partial charge in [-0.1, -0.05) is 15.9 Å². The fraction of sp³-hybridized carbons (Fsp3) is 0.118. The Morgan fingerprint density at radius 1 is 1.09 bits per heavy atom. The Bertz CT molecular complexity index is 816. The van der Waals surface area contributed by atoms with Gasteiger partial charge in [-0.2, -0.15) is 5.10 Å². The molecule has 0 bridgehead atoms. The number of halogens is 1. The van der Waals surface area contributed by atoms with Crippen LogP contribution < -0.4 is 5.43 Å². The van der Waals surface area contributed by atoms with Gasteiger partial charge in [0.1, 0.15) is 0 Å². The molecular formula is C17H16BrN5. The van der Waals surface area contributed by atoms with Crippen LogP contribution in [0.15, 0.2) is 58.2 Å². The van der Waals surface area contributed by atoms with E-state index in [1.807, 2.05) is 62.5 Å². The molecule has 0 radical (unpaired) electrons. The lowest BCUT2D eigenvalue weighted by molar-refractivity contribution is 1.03. The summed E-state index contributed by atoms with van der Waals surface area (Å²) in [5, 5.41) is 4.24. The van der Waals surface area contributed by atoms with E-state index in [0.717, 1.165) is 27.2 Å². The van der Waals surface area contributed by atoms with Gasteiger partial charge in [0.15, 0.2) is 0 Å². The van der Waals surface area contributed by atoms with Crippen LogP contribution in [-0.2, 0) is 0 Å². The number of hydrazone groups is 1. The minimum Gasteiger partial charge on any atom is -0.316 e. The minimum atomic E-state index is 0.500. The van der Waals surface area contributed by atoms with E-state index in [1.165, 1.54) is 0 Å². The molecule has 2 heterocycles. The lowest BCUT2D eigenvalue weighted by Gasteiger charge is -2.06. The second-order valence-electron chi connectivity index (χ2n) is 5.12. The fourth-order valence-electron chi connectivity index (χ4n) is 2.27. The lowest BCUT2D eigenvalue weighted by atomic mass is 10.3. The summed E-state index contributed by atoms with van der Waals surface area (Å²) in [4.78, 5) is 8.59. The molecule has 0 unspecified atom stereocenters. The van der Waals surface area contributed by atoms with Crippen molar-refractivity contribution >= 4 is 28.1 Å². The third kappa shape index (κ3) is 3.84. The van der Waals surface area contributed by atoms with Gasteiger partial charge in [-0.05, 0) is 56.3 Å². The third-order valence-corrected chi connectivity index (χ3v) is 3.76. The van der Waals surface area contributed by atoms with Crippen LogP contribution in [0.25, 0.3) is 5.69 Å². The Morgan fingerprint density at radius 2 is 1.78 bits per heavy atom. The maximum absolute atomic E-state index is 4.30. The minimum absolute atomic E-state index is 0.500. The number of rotatable bonds is 4. The van der Waals surface area contributed by atoms with Crippen LogP contribution in [0.5, 0.6) is 0 Å². The molecule has 0 saturated carbocycles. The molecule has 116 valence electrons. The van der Waals surface area contributed by atoms with E-state index in [0.29, 0.717) is 5.95 Å². The van der Waals surface area contributed by atoms with Crippen LogP contribution in [0.2, 0.25) is 0 Å². The lowest BCUT2D eigenvalue weighted by Crippen LogP contribution is -2.02. The van der Waals surface area contributed by atoms with Crippen molar-refractivity contribution in [2.24, 2.45) is 5.10 Å². The van der Waals surface area contributed by atoms with E-state index in [1.54, 1.807) is 6.21 Å². The molecule has 6 heteroatoms. The zero-order valence-electron chi connectivity index (χ0n) is 12.9. The van der Waals surface area contributed by atoms with Crippen LogP contribution in [0.4, 0.5) is 5.95 Å². The zero-order chi connectivity index (χ0) is 16.2. The van der Waals surface area contributed by atoms with Crippen LogP contribution in [-0.4, -0.2) is 20.7 Å². The number of nitrogens with zero attached hydrogens (tertiary/aromatic N) is 4. The number of benzene rings is 1. The van der Waals surface area contributed by atoms with Crippen molar-refractivity contribution in [3.05, 3.63) is 70.2 Å². The van der Waals surface area contributed by atoms with Crippen LogP contribution in [0.1, 0.15) is 17.1 Å². The first-order valence-electron chi connectivity index (χ1n) is 7.16. The van der Waals surface area contributed by atoms with Gasteiger partial charge in [0, 0.05) is 27.7 Å². The average Bonchev–Trinajstić information content (AvgIpc) is 2.95. The van der Waals surface area contributed by atoms with Crippen LogP contribution >= 0.6 is 15.9 Å². The molecule has 3 rings (SSSR count). The summed E-state index contributed by atoms with van der Waals surface area (Å²) in [7, 11) is 0. The smallest absolute Gasteiger partial charge is 0.243 e. The first kappa shape index (κ1) is 15.4. The van der Waals surface area contributed by atoms with Crippen LogP contribution in [0, 0.1) is 13.8 Å². The predicted octanol–water partition coefficient (Wildman–Crippen LogP) is 4.09. The van der Waals surface area contributed by atoms with Crippen molar-refractivity contribution in [3.8, 4) is 5.69 Å². The number of aryl methyl sites for hydroxylation is 2. The fourth-order valence-corrected chi connectivity index (χ4v) is 2.53. The Hall–Kier alpha value is -2.47. The summed E-state index contributed by atoms with van der Waals surface area (Å²) in [5.74, 6) is 0.500. The summed E-state index contributed by atoms with van der Waals surface area (Å²) in [6.45, 7) is 3.87. The number of hydrogen-bond acceptors (Lipinski definition) is 4. The normalized spacial score (nSPS) is 11.1. The highest BCUT2D eigenvalue weighted by Crippen LogP contribution is 2.16. The van der Waals surface area contributed by atoms with Crippen LogP contribution in [0.3, 0.4) is 0 Å². The summed E-state index contributed by atoms with van der Waals surface area (Å²) in [6.07, 6.45) is 3.75. The quantitative estimate of drug-likeness (QED) is 0.556. The molecule has 2 aromatic heterocycles. The Balaban J connectivity index is 1.78. The van der Waals surface area contributed by atoms with Gasteiger partial charge in [0.05, 0.1) is 11.9 Å². The highest BCUT2D eigenvalue weighted by molar-refractivity contribution is 9.10. The summed E-state index contributed by atoms with van der Waals surface area (Å²) < 4.78 is 3.11. The first-order valence-corrected chi connectivity index (χ1v) is 7.96. The van der Waals surface area contributed by atoms with E-state index in [-0.39, 0.29) is 0 Å². The van der Waals surface area contributed by atoms with Crippen molar-refractivity contribution in [1.82, 2.24) is 14.5 Å².